The smallest absolute Gasteiger partial charge is 0.0948 e. The Labute approximate surface area is 124 Å². The molecule has 4 nitrogen and oxygen atoms in total. The summed E-state index contributed by atoms with van der Waals surface area (Å²) in [5.74, 6) is 0. The standard InChI is InChI=1S/C15H19ClN2O2/c1-19-9-3-10-20-11-8-17-14-6-5-13(16)12-4-2-7-18-15(12)14/h2,4-7,17H,3,8-11H2,1H3. The van der Waals surface area contributed by atoms with Crippen molar-refractivity contribution in [3.05, 3.63) is 35.5 Å². The summed E-state index contributed by atoms with van der Waals surface area (Å²) in [5, 5.41) is 5.00. The summed E-state index contributed by atoms with van der Waals surface area (Å²) in [6.45, 7) is 2.84. The number of methoxy groups -OCH3 is 1. The van der Waals surface area contributed by atoms with E-state index in [0.29, 0.717) is 6.61 Å². The number of ether oxygens (including phenoxy) is 2. The first-order valence-corrected chi connectivity index (χ1v) is 7.04. The summed E-state index contributed by atoms with van der Waals surface area (Å²) in [7, 11) is 1.69. The maximum absolute atomic E-state index is 6.16. The van der Waals surface area contributed by atoms with Crippen molar-refractivity contribution in [2.75, 3.05) is 38.8 Å². The van der Waals surface area contributed by atoms with Crippen molar-refractivity contribution in [2.24, 2.45) is 0 Å². The second kappa shape index (κ2) is 8.04. The van der Waals surface area contributed by atoms with Gasteiger partial charge in [-0.2, -0.15) is 0 Å². The SMILES string of the molecule is COCCCOCCNc1ccc(Cl)c2cccnc12. The van der Waals surface area contributed by atoms with E-state index < -0.39 is 0 Å². The molecule has 0 aliphatic rings. The molecule has 0 unspecified atom stereocenters. The number of aromatic nitrogens is 1. The normalized spacial score (nSPS) is 10.9. The van der Waals surface area contributed by atoms with Crippen LogP contribution in [0.5, 0.6) is 0 Å². The predicted molar refractivity (Wildman–Crippen MR) is 82.6 cm³/mol. The highest BCUT2D eigenvalue weighted by Crippen LogP contribution is 2.27. The number of hydrogen-bond donors (Lipinski definition) is 1. The molecule has 108 valence electrons. The van der Waals surface area contributed by atoms with Gasteiger partial charge < -0.3 is 14.8 Å². The van der Waals surface area contributed by atoms with Crippen LogP contribution >= 0.6 is 11.6 Å². The molecule has 2 aromatic rings. The Kier molecular flexibility index (Phi) is 6.05. The summed E-state index contributed by atoms with van der Waals surface area (Å²) in [5.41, 5.74) is 1.87. The van der Waals surface area contributed by atoms with Crippen molar-refractivity contribution >= 4 is 28.2 Å². The van der Waals surface area contributed by atoms with Crippen LogP contribution in [0.4, 0.5) is 5.69 Å². The van der Waals surface area contributed by atoms with Gasteiger partial charge in [-0.05, 0) is 30.7 Å². The lowest BCUT2D eigenvalue weighted by molar-refractivity contribution is 0.109. The van der Waals surface area contributed by atoms with Crippen molar-refractivity contribution in [1.82, 2.24) is 4.98 Å². The highest BCUT2D eigenvalue weighted by atomic mass is 35.5. The van der Waals surface area contributed by atoms with E-state index in [0.717, 1.165) is 47.8 Å². The molecule has 0 saturated carbocycles. The number of nitrogens with one attached hydrogen (secondary N) is 1. The van der Waals surface area contributed by atoms with Crippen LogP contribution < -0.4 is 5.32 Å². The van der Waals surface area contributed by atoms with Crippen molar-refractivity contribution < 1.29 is 9.47 Å². The zero-order valence-electron chi connectivity index (χ0n) is 11.6. The summed E-state index contributed by atoms with van der Waals surface area (Å²) in [6.07, 6.45) is 2.69. The molecule has 0 atom stereocenters. The molecule has 1 aromatic heterocycles. The molecule has 0 fully saturated rings. The van der Waals surface area contributed by atoms with E-state index in [-0.39, 0.29) is 0 Å². The van der Waals surface area contributed by atoms with Crippen molar-refractivity contribution in [3.8, 4) is 0 Å². The maximum atomic E-state index is 6.16. The van der Waals surface area contributed by atoms with E-state index >= 15 is 0 Å². The molecule has 0 bridgehead atoms. The van der Waals surface area contributed by atoms with Gasteiger partial charge in [0.15, 0.2) is 0 Å². The lowest BCUT2D eigenvalue weighted by atomic mass is 10.2. The van der Waals surface area contributed by atoms with Crippen molar-refractivity contribution in [3.63, 3.8) is 0 Å². The molecule has 0 spiro atoms. The van der Waals surface area contributed by atoms with Gasteiger partial charge in [-0.3, -0.25) is 4.98 Å². The molecule has 1 N–H and O–H groups in total. The fourth-order valence-corrected chi connectivity index (χ4v) is 2.16. The van der Waals surface area contributed by atoms with Gasteiger partial charge in [0.2, 0.25) is 0 Å². The first-order valence-electron chi connectivity index (χ1n) is 6.66. The molecule has 0 aliphatic carbocycles. The Morgan fingerprint density at radius 2 is 2.10 bits per heavy atom. The number of nitrogens with zero attached hydrogens (tertiary/aromatic N) is 1. The van der Waals surface area contributed by atoms with Gasteiger partial charge >= 0.3 is 0 Å². The fourth-order valence-electron chi connectivity index (χ4n) is 1.95. The molecule has 0 radical (unpaired) electrons. The van der Waals surface area contributed by atoms with E-state index in [2.05, 4.69) is 10.3 Å². The second-order valence-electron chi connectivity index (χ2n) is 4.38. The van der Waals surface area contributed by atoms with Gasteiger partial charge in [-0.1, -0.05) is 11.6 Å². The van der Waals surface area contributed by atoms with Gasteiger partial charge in [-0.15, -0.1) is 0 Å². The van der Waals surface area contributed by atoms with Gasteiger partial charge in [0, 0.05) is 38.5 Å². The minimum absolute atomic E-state index is 0.653. The Morgan fingerprint density at radius 3 is 2.95 bits per heavy atom. The molecule has 0 saturated heterocycles. The van der Waals surface area contributed by atoms with Gasteiger partial charge in [0.25, 0.3) is 0 Å². The average molecular weight is 295 g/mol. The van der Waals surface area contributed by atoms with Gasteiger partial charge in [0.1, 0.15) is 0 Å². The number of rotatable bonds is 8. The van der Waals surface area contributed by atoms with Crippen LogP contribution in [0.15, 0.2) is 30.5 Å². The monoisotopic (exact) mass is 294 g/mol. The number of fused-ring (bicyclic) bond motifs is 1. The lowest BCUT2D eigenvalue weighted by Gasteiger charge is -2.10. The zero-order valence-corrected chi connectivity index (χ0v) is 12.3. The molecule has 1 aromatic carbocycles. The topological polar surface area (TPSA) is 43.4 Å². The summed E-state index contributed by atoms with van der Waals surface area (Å²) in [6, 6.07) is 7.68. The van der Waals surface area contributed by atoms with Gasteiger partial charge in [0.05, 0.1) is 22.8 Å². The number of hydrogen-bond acceptors (Lipinski definition) is 4. The summed E-state index contributed by atoms with van der Waals surface area (Å²) in [4.78, 5) is 4.38. The van der Waals surface area contributed by atoms with Crippen LogP contribution in [0.1, 0.15) is 6.42 Å². The van der Waals surface area contributed by atoms with Crippen LogP contribution in [0, 0.1) is 0 Å². The van der Waals surface area contributed by atoms with Crippen LogP contribution in [0.25, 0.3) is 10.9 Å². The molecule has 5 heteroatoms. The molecule has 0 amide bonds. The van der Waals surface area contributed by atoms with Crippen LogP contribution in [-0.2, 0) is 9.47 Å². The number of benzene rings is 1. The number of halogens is 1. The van der Waals surface area contributed by atoms with E-state index in [1.54, 1.807) is 13.3 Å². The van der Waals surface area contributed by atoms with E-state index in [1.165, 1.54) is 0 Å². The van der Waals surface area contributed by atoms with Crippen LogP contribution in [-0.4, -0.2) is 38.5 Å². The molecule has 2 rings (SSSR count). The Morgan fingerprint density at radius 1 is 1.20 bits per heavy atom. The first kappa shape index (κ1) is 15.0. The van der Waals surface area contributed by atoms with Gasteiger partial charge in [-0.25, -0.2) is 0 Å². The average Bonchev–Trinajstić information content (AvgIpc) is 2.49. The molecule has 20 heavy (non-hydrogen) atoms. The minimum Gasteiger partial charge on any atom is -0.385 e. The lowest BCUT2D eigenvalue weighted by Crippen LogP contribution is -2.11. The van der Waals surface area contributed by atoms with Crippen molar-refractivity contribution in [1.29, 1.82) is 0 Å². The second-order valence-corrected chi connectivity index (χ2v) is 4.79. The third-order valence-electron chi connectivity index (χ3n) is 2.92. The number of anilines is 1. The molecular weight excluding hydrogens is 276 g/mol. The third kappa shape index (κ3) is 4.07. The summed E-state index contributed by atoms with van der Waals surface area (Å²) >= 11 is 6.16. The highest BCUT2D eigenvalue weighted by molar-refractivity contribution is 6.35. The first-order chi connectivity index (χ1) is 9.83. The Bertz CT molecular complexity index is 548. The fraction of sp³-hybridized carbons (Fsp3) is 0.400. The minimum atomic E-state index is 0.653. The summed E-state index contributed by atoms with van der Waals surface area (Å²) < 4.78 is 10.5. The molecular formula is C15H19ClN2O2. The maximum Gasteiger partial charge on any atom is 0.0948 e. The molecule has 0 aliphatic heterocycles. The Hall–Kier alpha value is -1.36. The highest BCUT2D eigenvalue weighted by Gasteiger charge is 2.04. The third-order valence-corrected chi connectivity index (χ3v) is 3.25. The number of pyridine rings is 1. The Balaban J connectivity index is 1.86. The van der Waals surface area contributed by atoms with E-state index in [1.807, 2.05) is 24.3 Å². The quantitative estimate of drug-likeness (QED) is 0.758. The predicted octanol–water partition coefficient (Wildman–Crippen LogP) is 3.35. The van der Waals surface area contributed by atoms with E-state index in [9.17, 15) is 0 Å². The largest absolute Gasteiger partial charge is 0.385 e. The van der Waals surface area contributed by atoms with Crippen LogP contribution in [0.3, 0.4) is 0 Å². The van der Waals surface area contributed by atoms with Crippen LogP contribution in [0.2, 0.25) is 5.02 Å². The zero-order chi connectivity index (χ0) is 14.2. The van der Waals surface area contributed by atoms with Crippen molar-refractivity contribution in [2.45, 2.75) is 6.42 Å². The molecule has 1 heterocycles. The van der Waals surface area contributed by atoms with E-state index in [4.69, 9.17) is 21.1 Å².